The Morgan fingerprint density at radius 3 is 3.00 bits per heavy atom. The zero-order valence-corrected chi connectivity index (χ0v) is 15.2. The van der Waals surface area contributed by atoms with Crippen molar-refractivity contribution in [3.8, 4) is 5.75 Å². The Hall–Kier alpha value is -2.31. The Labute approximate surface area is 153 Å². The lowest BCUT2D eigenvalue weighted by Crippen LogP contribution is -2.53. The van der Waals surface area contributed by atoms with Gasteiger partial charge in [0.05, 0.1) is 18.8 Å². The van der Waals surface area contributed by atoms with Crippen molar-refractivity contribution in [1.82, 2.24) is 10.2 Å². The highest BCUT2D eigenvalue weighted by Gasteiger charge is 2.39. The molecule has 6 heteroatoms. The van der Waals surface area contributed by atoms with E-state index in [1.807, 2.05) is 30.0 Å². The van der Waals surface area contributed by atoms with Gasteiger partial charge in [-0.1, -0.05) is 17.7 Å². The number of aryl methyl sites for hydroxylation is 2. The van der Waals surface area contributed by atoms with Gasteiger partial charge in [0.1, 0.15) is 18.1 Å². The molecule has 2 aliphatic heterocycles. The fourth-order valence-electron chi connectivity index (χ4n) is 3.66. The van der Waals surface area contributed by atoms with Crippen LogP contribution in [-0.2, 0) is 11.3 Å². The minimum absolute atomic E-state index is 0.0787. The van der Waals surface area contributed by atoms with Crippen LogP contribution in [0.4, 0.5) is 0 Å². The summed E-state index contributed by atoms with van der Waals surface area (Å²) >= 11 is 0. The van der Waals surface area contributed by atoms with E-state index in [0.717, 1.165) is 24.4 Å². The molecule has 0 aliphatic carbocycles. The lowest BCUT2D eigenvalue weighted by atomic mass is 10.1. The van der Waals surface area contributed by atoms with Gasteiger partial charge < -0.3 is 24.1 Å². The number of fused-ring (bicyclic) bond motifs is 1. The fourth-order valence-corrected chi connectivity index (χ4v) is 3.66. The largest absolute Gasteiger partial charge is 0.485 e. The van der Waals surface area contributed by atoms with Crippen LogP contribution in [0.3, 0.4) is 0 Å². The second-order valence-corrected chi connectivity index (χ2v) is 6.96. The summed E-state index contributed by atoms with van der Waals surface area (Å²) in [7, 11) is 0. The first-order valence-electron chi connectivity index (χ1n) is 9.04. The molecular formula is C20H24N2O4. The van der Waals surface area contributed by atoms with E-state index in [-0.39, 0.29) is 18.1 Å². The molecular weight excluding hydrogens is 332 g/mol. The van der Waals surface area contributed by atoms with Gasteiger partial charge in [-0.3, -0.25) is 4.79 Å². The highest BCUT2D eigenvalue weighted by Crippen LogP contribution is 2.23. The van der Waals surface area contributed by atoms with Crippen LogP contribution in [0.15, 0.2) is 34.7 Å². The molecule has 0 spiro atoms. The lowest BCUT2D eigenvalue weighted by molar-refractivity contribution is -0.0375. The van der Waals surface area contributed by atoms with E-state index in [0.29, 0.717) is 31.3 Å². The Morgan fingerprint density at radius 2 is 2.15 bits per heavy atom. The summed E-state index contributed by atoms with van der Waals surface area (Å²) in [5.41, 5.74) is 2.28. The molecule has 1 aromatic heterocycles. The predicted molar refractivity (Wildman–Crippen MR) is 96.4 cm³/mol. The molecule has 3 heterocycles. The van der Waals surface area contributed by atoms with Crippen molar-refractivity contribution in [3.05, 3.63) is 53.0 Å². The fraction of sp³-hybridized carbons (Fsp3) is 0.450. The number of amides is 1. The summed E-state index contributed by atoms with van der Waals surface area (Å²) in [6, 6.07) is 9.68. The molecule has 6 nitrogen and oxygen atoms in total. The zero-order valence-electron chi connectivity index (χ0n) is 15.2. The van der Waals surface area contributed by atoms with E-state index < -0.39 is 0 Å². The molecule has 26 heavy (non-hydrogen) atoms. The first kappa shape index (κ1) is 17.1. The first-order chi connectivity index (χ1) is 12.6. The number of ether oxygens (including phenoxy) is 2. The van der Waals surface area contributed by atoms with Crippen molar-refractivity contribution in [2.45, 2.75) is 32.6 Å². The molecule has 0 radical (unpaired) electrons. The normalized spacial score (nSPS) is 22.3. The van der Waals surface area contributed by atoms with Gasteiger partial charge in [-0.25, -0.2) is 0 Å². The molecule has 1 N–H and O–H groups in total. The number of morpholine rings is 1. The van der Waals surface area contributed by atoms with Crippen molar-refractivity contribution in [3.63, 3.8) is 0 Å². The molecule has 138 valence electrons. The number of carbonyl (C=O) groups is 1. The standard InChI is InChI=1S/C20H24N2O4/c1-13-3-5-17(14(2)9-13)25-12-15-4-6-18(26-15)20(23)22-7-8-24-19-11-21-10-16(19)22/h3-6,9,16,19,21H,7-8,10-12H2,1-2H3/t16-,19+/m1/s1. The average Bonchev–Trinajstić information content (AvgIpc) is 3.29. The van der Waals surface area contributed by atoms with Crippen molar-refractivity contribution < 1.29 is 18.7 Å². The molecule has 2 fully saturated rings. The molecule has 1 amide bonds. The second-order valence-electron chi connectivity index (χ2n) is 6.96. The smallest absolute Gasteiger partial charge is 0.290 e. The van der Waals surface area contributed by atoms with Crippen LogP contribution < -0.4 is 10.1 Å². The lowest BCUT2D eigenvalue weighted by Gasteiger charge is -2.36. The van der Waals surface area contributed by atoms with Crippen LogP contribution in [-0.4, -0.2) is 49.2 Å². The molecule has 0 bridgehead atoms. The quantitative estimate of drug-likeness (QED) is 0.911. The maximum atomic E-state index is 12.8. The van der Waals surface area contributed by atoms with Crippen molar-refractivity contribution in [1.29, 1.82) is 0 Å². The molecule has 0 unspecified atom stereocenters. The predicted octanol–water partition coefficient (Wildman–Crippen LogP) is 2.29. The molecule has 2 aliphatic rings. The number of hydrogen-bond donors (Lipinski definition) is 1. The van der Waals surface area contributed by atoms with Crippen molar-refractivity contribution in [2.75, 3.05) is 26.2 Å². The average molecular weight is 356 g/mol. The minimum atomic E-state index is -0.0789. The third-order valence-electron chi connectivity index (χ3n) is 5.03. The van der Waals surface area contributed by atoms with Gasteiger partial charge in [0.15, 0.2) is 5.76 Å². The van der Waals surface area contributed by atoms with Crippen LogP contribution >= 0.6 is 0 Å². The summed E-state index contributed by atoms with van der Waals surface area (Å²) in [6.07, 6.45) is 0.0787. The van der Waals surface area contributed by atoms with E-state index in [4.69, 9.17) is 13.9 Å². The van der Waals surface area contributed by atoms with E-state index in [1.54, 1.807) is 6.07 Å². The van der Waals surface area contributed by atoms with Crippen LogP contribution in [0.1, 0.15) is 27.4 Å². The number of hydrogen-bond acceptors (Lipinski definition) is 5. The number of carbonyl (C=O) groups excluding carboxylic acids is 1. The van der Waals surface area contributed by atoms with Gasteiger partial charge in [-0.05, 0) is 37.6 Å². The van der Waals surface area contributed by atoms with Gasteiger partial charge >= 0.3 is 0 Å². The summed E-state index contributed by atoms with van der Waals surface area (Å²) in [5, 5.41) is 3.28. The zero-order chi connectivity index (χ0) is 18.1. The molecule has 1 aromatic carbocycles. The van der Waals surface area contributed by atoms with Crippen molar-refractivity contribution >= 4 is 5.91 Å². The van der Waals surface area contributed by atoms with Crippen LogP contribution in [0.2, 0.25) is 0 Å². The van der Waals surface area contributed by atoms with Gasteiger partial charge in [0.25, 0.3) is 5.91 Å². The molecule has 0 saturated carbocycles. The maximum Gasteiger partial charge on any atom is 0.290 e. The third kappa shape index (κ3) is 3.34. The number of benzene rings is 1. The third-order valence-corrected chi connectivity index (χ3v) is 5.03. The van der Waals surface area contributed by atoms with Gasteiger partial charge in [-0.15, -0.1) is 0 Å². The summed E-state index contributed by atoms with van der Waals surface area (Å²) < 4.78 is 17.3. The highest BCUT2D eigenvalue weighted by atomic mass is 16.5. The van der Waals surface area contributed by atoms with Crippen molar-refractivity contribution in [2.24, 2.45) is 0 Å². The van der Waals surface area contributed by atoms with Crippen LogP contribution in [0.25, 0.3) is 0 Å². The Kier molecular flexibility index (Phi) is 4.70. The van der Waals surface area contributed by atoms with E-state index in [9.17, 15) is 4.79 Å². The Bertz CT molecular complexity index is 801. The highest BCUT2D eigenvalue weighted by molar-refractivity contribution is 5.92. The van der Waals surface area contributed by atoms with Crippen LogP contribution in [0, 0.1) is 13.8 Å². The molecule has 2 aromatic rings. The second kappa shape index (κ2) is 7.13. The molecule has 4 rings (SSSR count). The number of nitrogens with one attached hydrogen (secondary N) is 1. The summed E-state index contributed by atoms with van der Waals surface area (Å²) in [4.78, 5) is 14.7. The van der Waals surface area contributed by atoms with Gasteiger partial charge in [-0.2, -0.15) is 0 Å². The monoisotopic (exact) mass is 356 g/mol. The number of rotatable bonds is 4. The Morgan fingerprint density at radius 1 is 1.27 bits per heavy atom. The van der Waals surface area contributed by atoms with Gasteiger partial charge in [0.2, 0.25) is 0 Å². The topological polar surface area (TPSA) is 63.9 Å². The Balaban J connectivity index is 1.41. The SMILES string of the molecule is Cc1ccc(OCc2ccc(C(=O)N3CCO[C@H]4CNC[C@H]43)o2)c(C)c1. The molecule has 2 atom stereocenters. The summed E-state index contributed by atoms with van der Waals surface area (Å²) in [6.45, 7) is 7.09. The molecule has 2 saturated heterocycles. The number of furan rings is 1. The minimum Gasteiger partial charge on any atom is -0.485 e. The number of nitrogens with zero attached hydrogens (tertiary/aromatic N) is 1. The van der Waals surface area contributed by atoms with Crippen LogP contribution in [0.5, 0.6) is 5.75 Å². The van der Waals surface area contributed by atoms with Gasteiger partial charge in [0, 0.05) is 19.6 Å². The summed E-state index contributed by atoms with van der Waals surface area (Å²) in [5.74, 6) is 1.75. The first-order valence-corrected chi connectivity index (χ1v) is 9.04. The van der Waals surface area contributed by atoms with E-state index in [1.165, 1.54) is 5.56 Å². The van der Waals surface area contributed by atoms with E-state index in [2.05, 4.69) is 18.3 Å². The van der Waals surface area contributed by atoms with E-state index >= 15 is 0 Å². The maximum absolute atomic E-state index is 12.8.